The normalized spacial score (nSPS) is 14.2. The van der Waals surface area contributed by atoms with Crippen LogP contribution in [0.5, 0.6) is 5.88 Å². The molecule has 9 heteroatoms. The first-order chi connectivity index (χ1) is 10.6. The van der Waals surface area contributed by atoms with Crippen molar-refractivity contribution in [2.45, 2.75) is 37.6 Å². The summed E-state index contributed by atoms with van der Waals surface area (Å²) in [6, 6.07) is 0. The maximum atomic E-state index is 12.6. The number of nitrogens with one attached hydrogen (secondary N) is 1. The van der Waals surface area contributed by atoms with Crippen molar-refractivity contribution in [1.82, 2.24) is 19.7 Å². The first kappa shape index (κ1) is 14.8. The molecule has 118 valence electrons. The second-order valence-corrected chi connectivity index (χ2v) is 6.60. The number of aryl methyl sites for hydroxylation is 2. The van der Waals surface area contributed by atoms with Gasteiger partial charge in [-0.2, -0.15) is 5.10 Å². The molecule has 0 saturated heterocycles. The molecule has 0 atom stereocenters. The van der Waals surface area contributed by atoms with Crippen LogP contribution in [0.25, 0.3) is 0 Å². The van der Waals surface area contributed by atoms with Crippen LogP contribution in [0.2, 0.25) is 0 Å². The minimum Gasteiger partial charge on any atom is -0.477 e. The summed E-state index contributed by atoms with van der Waals surface area (Å²) >= 11 is 0. The Balaban J connectivity index is 1.93. The number of rotatable bonds is 5. The monoisotopic (exact) mass is 323 g/mol. The van der Waals surface area contributed by atoms with Gasteiger partial charge in [0.1, 0.15) is 0 Å². The molecule has 0 amide bonds. The minimum absolute atomic E-state index is 0.0281. The molecule has 0 fully saturated rings. The van der Waals surface area contributed by atoms with E-state index >= 15 is 0 Å². The van der Waals surface area contributed by atoms with Crippen LogP contribution in [0.15, 0.2) is 23.5 Å². The van der Waals surface area contributed by atoms with Crippen LogP contribution in [0.1, 0.15) is 25.5 Å². The number of hydrogen-bond acceptors (Lipinski definition) is 6. The molecule has 1 aliphatic rings. The molecule has 0 spiro atoms. The van der Waals surface area contributed by atoms with Crippen molar-refractivity contribution in [3.8, 4) is 5.88 Å². The Morgan fingerprint density at radius 2 is 2.18 bits per heavy atom. The smallest absolute Gasteiger partial charge is 0.270 e. The van der Waals surface area contributed by atoms with E-state index in [1.807, 2.05) is 6.92 Å². The quantitative estimate of drug-likeness (QED) is 0.888. The lowest BCUT2D eigenvalue weighted by Crippen LogP contribution is -2.19. The second-order valence-electron chi connectivity index (χ2n) is 4.95. The topological polar surface area (TPSA) is 99.0 Å². The molecule has 22 heavy (non-hydrogen) atoms. The number of nitrogens with zero attached hydrogens (tertiary/aromatic N) is 4. The van der Waals surface area contributed by atoms with Crippen molar-refractivity contribution in [2.24, 2.45) is 0 Å². The molecule has 0 bridgehead atoms. The fraction of sp³-hybridized carbons (Fsp3) is 0.462. The summed E-state index contributed by atoms with van der Waals surface area (Å²) in [6.45, 7) is 3.13. The van der Waals surface area contributed by atoms with Gasteiger partial charge < -0.3 is 4.74 Å². The highest BCUT2D eigenvalue weighted by molar-refractivity contribution is 7.92. The molecule has 3 heterocycles. The predicted molar refractivity (Wildman–Crippen MR) is 79.2 cm³/mol. The van der Waals surface area contributed by atoms with Crippen molar-refractivity contribution in [1.29, 1.82) is 0 Å². The molecule has 0 aliphatic carbocycles. The van der Waals surface area contributed by atoms with E-state index in [1.54, 1.807) is 10.9 Å². The molecule has 0 saturated carbocycles. The van der Waals surface area contributed by atoms with Crippen LogP contribution in [-0.2, 0) is 23.0 Å². The highest BCUT2D eigenvalue weighted by Gasteiger charge is 2.27. The van der Waals surface area contributed by atoms with Gasteiger partial charge >= 0.3 is 0 Å². The van der Waals surface area contributed by atoms with Crippen LogP contribution in [0.4, 0.5) is 5.82 Å². The van der Waals surface area contributed by atoms with Crippen molar-refractivity contribution in [2.75, 3.05) is 11.3 Å². The average Bonchev–Trinajstić information content (AvgIpc) is 2.94. The van der Waals surface area contributed by atoms with Gasteiger partial charge in [-0.05, 0) is 6.42 Å². The molecule has 0 unspecified atom stereocenters. The number of aromatic nitrogens is 4. The van der Waals surface area contributed by atoms with E-state index in [0.717, 1.165) is 12.8 Å². The predicted octanol–water partition coefficient (Wildman–Crippen LogP) is 1.21. The fourth-order valence-corrected chi connectivity index (χ4v) is 3.40. The third-order valence-electron chi connectivity index (χ3n) is 3.29. The van der Waals surface area contributed by atoms with E-state index in [-0.39, 0.29) is 16.6 Å². The third kappa shape index (κ3) is 2.76. The summed E-state index contributed by atoms with van der Waals surface area (Å²) in [6.07, 6.45) is 6.62. The summed E-state index contributed by atoms with van der Waals surface area (Å²) in [5.41, 5.74) is 0.621. The standard InChI is InChI=1S/C13H17N5O3S/c1-2-4-10-12(15-6-5-14-10)17-22(19,20)11-9-16-18-7-3-8-21-13(11)18/h5-6,9H,2-4,7-8H2,1H3,(H,15,17). The molecule has 0 aromatic carbocycles. The number of anilines is 1. The van der Waals surface area contributed by atoms with E-state index < -0.39 is 10.0 Å². The largest absolute Gasteiger partial charge is 0.477 e. The molecule has 8 nitrogen and oxygen atoms in total. The van der Waals surface area contributed by atoms with Crippen LogP contribution >= 0.6 is 0 Å². The lowest BCUT2D eigenvalue weighted by atomic mass is 10.2. The Bertz CT molecular complexity index is 772. The van der Waals surface area contributed by atoms with Gasteiger partial charge in [0.05, 0.1) is 18.5 Å². The van der Waals surface area contributed by atoms with Crippen molar-refractivity contribution >= 4 is 15.8 Å². The maximum Gasteiger partial charge on any atom is 0.270 e. The van der Waals surface area contributed by atoms with E-state index in [1.165, 1.54) is 12.4 Å². The zero-order valence-corrected chi connectivity index (χ0v) is 13.0. The Hall–Kier alpha value is -2.16. The van der Waals surface area contributed by atoms with Crippen molar-refractivity contribution < 1.29 is 13.2 Å². The minimum atomic E-state index is -3.81. The zero-order valence-electron chi connectivity index (χ0n) is 12.2. The van der Waals surface area contributed by atoms with Gasteiger partial charge in [0.25, 0.3) is 10.0 Å². The molecule has 1 N–H and O–H groups in total. The fourth-order valence-electron chi connectivity index (χ4n) is 2.28. The van der Waals surface area contributed by atoms with E-state index in [0.29, 0.717) is 25.3 Å². The van der Waals surface area contributed by atoms with Gasteiger partial charge in [0, 0.05) is 25.4 Å². The van der Waals surface area contributed by atoms with Gasteiger partial charge in [-0.1, -0.05) is 13.3 Å². The summed E-state index contributed by atoms with van der Waals surface area (Å²) in [5, 5.41) is 4.06. The van der Waals surface area contributed by atoms with Crippen molar-refractivity contribution in [3.63, 3.8) is 0 Å². The number of ether oxygens (including phenoxy) is 1. The molecule has 2 aromatic heterocycles. The third-order valence-corrected chi connectivity index (χ3v) is 4.62. The Labute approximate surface area is 128 Å². The first-order valence-corrected chi connectivity index (χ1v) is 8.61. The van der Waals surface area contributed by atoms with Crippen LogP contribution in [-0.4, -0.2) is 34.8 Å². The lowest BCUT2D eigenvalue weighted by Gasteiger charge is -2.16. The highest BCUT2D eigenvalue weighted by atomic mass is 32.2. The second kappa shape index (κ2) is 5.91. The Morgan fingerprint density at radius 1 is 1.36 bits per heavy atom. The van der Waals surface area contributed by atoms with Gasteiger partial charge in [-0.15, -0.1) is 0 Å². The van der Waals surface area contributed by atoms with Crippen molar-refractivity contribution in [3.05, 3.63) is 24.3 Å². The molecular weight excluding hydrogens is 306 g/mol. The average molecular weight is 323 g/mol. The Kier molecular flexibility index (Phi) is 3.97. The SMILES string of the molecule is CCCc1nccnc1NS(=O)(=O)c1cnn2c1OCCC2. The summed E-state index contributed by atoms with van der Waals surface area (Å²) in [7, 11) is -3.81. The first-order valence-electron chi connectivity index (χ1n) is 7.13. The summed E-state index contributed by atoms with van der Waals surface area (Å²) in [5.74, 6) is 0.528. The highest BCUT2D eigenvalue weighted by Crippen LogP contribution is 2.28. The van der Waals surface area contributed by atoms with E-state index in [2.05, 4.69) is 19.8 Å². The number of hydrogen-bond donors (Lipinski definition) is 1. The van der Waals surface area contributed by atoms with E-state index in [9.17, 15) is 8.42 Å². The summed E-state index contributed by atoms with van der Waals surface area (Å²) in [4.78, 5) is 8.29. The summed E-state index contributed by atoms with van der Waals surface area (Å²) < 4.78 is 34.6. The Morgan fingerprint density at radius 3 is 3.00 bits per heavy atom. The zero-order chi connectivity index (χ0) is 15.6. The maximum absolute atomic E-state index is 12.6. The molecule has 1 aliphatic heterocycles. The van der Waals surface area contributed by atoms with Gasteiger partial charge in [-0.3, -0.25) is 9.71 Å². The lowest BCUT2D eigenvalue weighted by molar-refractivity contribution is 0.224. The van der Waals surface area contributed by atoms with Gasteiger partial charge in [0.15, 0.2) is 10.7 Å². The van der Waals surface area contributed by atoms with Crippen LogP contribution < -0.4 is 9.46 Å². The molecule has 2 aromatic rings. The van der Waals surface area contributed by atoms with Gasteiger partial charge in [-0.25, -0.2) is 18.1 Å². The number of fused-ring (bicyclic) bond motifs is 1. The van der Waals surface area contributed by atoms with Gasteiger partial charge in [0.2, 0.25) is 5.88 Å². The molecular formula is C13H17N5O3S. The van der Waals surface area contributed by atoms with Crippen LogP contribution in [0, 0.1) is 0 Å². The van der Waals surface area contributed by atoms with E-state index in [4.69, 9.17) is 4.74 Å². The number of sulfonamides is 1. The molecule has 0 radical (unpaired) electrons. The van der Waals surface area contributed by atoms with Crippen LogP contribution in [0.3, 0.4) is 0 Å². The molecule has 3 rings (SSSR count).